The van der Waals surface area contributed by atoms with Crippen LogP contribution in [-0.2, 0) is 4.79 Å². The fraction of sp³-hybridized carbons (Fsp3) is 0.800. The summed E-state index contributed by atoms with van der Waals surface area (Å²) in [6.45, 7) is -0.632. The molecule has 1 aliphatic rings. The van der Waals surface area contributed by atoms with Gasteiger partial charge in [-0.25, -0.2) is 0 Å². The number of nitrogens with one attached hydrogen (secondary N) is 2. The van der Waals surface area contributed by atoms with Crippen LogP contribution >= 0.6 is 0 Å². The third kappa shape index (κ3) is 2.07. The Bertz CT molecular complexity index is 158. The fourth-order valence-corrected chi connectivity index (χ4v) is 0.798. The Kier molecular flexibility index (Phi) is 2.03. The Hall–Kier alpha value is -0.780. The molecule has 2 N–H and O–H groups in total. The molecule has 11 heavy (non-hydrogen) atoms. The van der Waals surface area contributed by atoms with Gasteiger partial charge in [-0.2, -0.15) is 13.2 Å². The summed E-state index contributed by atoms with van der Waals surface area (Å²) in [4.78, 5) is 10.4. The molecule has 1 amide bonds. The average Bonchev–Trinajstić information content (AvgIpc) is 1.86. The highest BCUT2D eigenvalue weighted by molar-refractivity contribution is 5.78. The molecule has 1 heterocycles. The van der Waals surface area contributed by atoms with Crippen molar-refractivity contribution in [1.29, 1.82) is 0 Å². The molecule has 0 radical (unpaired) electrons. The largest absolute Gasteiger partial charge is 0.405 e. The number of hydrogen-bond acceptors (Lipinski definition) is 2. The predicted molar refractivity (Wildman–Crippen MR) is 30.9 cm³/mol. The molecular weight excluding hydrogens is 161 g/mol. The van der Waals surface area contributed by atoms with Crippen LogP contribution in [0.5, 0.6) is 0 Å². The van der Waals surface area contributed by atoms with Crippen LogP contribution < -0.4 is 10.6 Å². The lowest BCUT2D eigenvalue weighted by molar-refractivity contribution is -0.160. The van der Waals surface area contributed by atoms with Crippen molar-refractivity contribution in [3.05, 3.63) is 0 Å². The number of carbonyl (C=O) groups is 1. The molecule has 0 bridgehead atoms. The number of carbonyl (C=O) groups excluding carboxylic acids is 1. The molecule has 0 aliphatic carbocycles. The second kappa shape index (κ2) is 2.69. The van der Waals surface area contributed by atoms with E-state index in [2.05, 4.69) is 10.6 Å². The van der Waals surface area contributed by atoms with Gasteiger partial charge in [-0.3, -0.25) is 10.1 Å². The van der Waals surface area contributed by atoms with Crippen LogP contribution in [0.15, 0.2) is 0 Å². The van der Waals surface area contributed by atoms with Crippen LogP contribution in [0.3, 0.4) is 0 Å². The second-order valence-electron chi connectivity index (χ2n) is 2.28. The molecule has 0 aromatic rings. The molecule has 0 saturated carbocycles. The molecule has 1 saturated heterocycles. The van der Waals surface area contributed by atoms with E-state index < -0.39 is 18.1 Å². The van der Waals surface area contributed by atoms with Gasteiger partial charge in [0.2, 0.25) is 5.91 Å². The summed E-state index contributed by atoms with van der Waals surface area (Å²) in [5.74, 6) is -0.398. The Morgan fingerprint density at radius 2 is 2.09 bits per heavy atom. The lowest BCUT2D eigenvalue weighted by atomic mass is 10.2. The SMILES string of the molecule is O=C1CNC(C(F)(F)F)CN1. The third-order valence-corrected chi connectivity index (χ3v) is 1.41. The number of halogens is 3. The third-order valence-electron chi connectivity index (χ3n) is 1.41. The van der Waals surface area contributed by atoms with Crippen molar-refractivity contribution >= 4 is 5.91 Å². The molecule has 1 atom stereocenters. The van der Waals surface area contributed by atoms with Crippen LogP contribution in [0.2, 0.25) is 0 Å². The topological polar surface area (TPSA) is 41.1 Å². The molecule has 0 aromatic heterocycles. The van der Waals surface area contributed by atoms with Crippen LogP contribution in [0.25, 0.3) is 0 Å². The molecule has 1 aliphatic heterocycles. The average molecular weight is 168 g/mol. The first-order valence-corrected chi connectivity index (χ1v) is 3.07. The summed E-state index contributed by atoms with van der Waals surface area (Å²) in [6.07, 6.45) is -4.27. The van der Waals surface area contributed by atoms with Gasteiger partial charge in [0, 0.05) is 6.54 Å². The van der Waals surface area contributed by atoms with Crippen molar-refractivity contribution in [2.75, 3.05) is 13.1 Å². The maximum absolute atomic E-state index is 11.9. The summed E-state index contributed by atoms with van der Waals surface area (Å²) < 4.78 is 35.6. The zero-order valence-electron chi connectivity index (χ0n) is 5.53. The fourth-order valence-electron chi connectivity index (χ4n) is 0.798. The summed E-state index contributed by atoms with van der Waals surface area (Å²) in [5.41, 5.74) is 0. The van der Waals surface area contributed by atoms with E-state index >= 15 is 0 Å². The van der Waals surface area contributed by atoms with E-state index in [0.717, 1.165) is 0 Å². The molecule has 64 valence electrons. The smallest absolute Gasteiger partial charge is 0.353 e. The maximum atomic E-state index is 11.9. The first-order valence-electron chi connectivity index (χ1n) is 3.07. The zero-order valence-corrected chi connectivity index (χ0v) is 5.53. The first kappa shape index (κ1) is 8.32. The van der Waals surface area contributed by atoms with Crippen molar-refractivity contribution in [3.63, 3.8) is 0 Å². The lowest BCUT2D eigenvalue weighted by Gasteiger charge is -2.25. The molecule has 3 nitrogen and oxygen atoms in total. The van der Waals surface area contributed by atoms with Gasteiger partial charge in [0.1, 0.15) is 6.04 Å². The van der Waals surface area contributed by atoms with Gasteiger partial charge >= 0.3 is 6.18 Å². The lowest BCUT2D eigenvalue weighted by Crippen LogP contribution is -2.57. The van der Waals surface area contributed by atoms with Crippen LogP contribution in [0.4, 0.5) is 13.2 Å². The van der Waals surface area contributed by atoms with Crippen LogP contribution in [-0.4, -0.2) is 31.2 Å². The summed E-state index contributed by atoms with van der Waals surface area (Å²) in [5, 5.41) is 4.19. The molecule has 1 rings (SSSR count). The normalized spacial score (nSPS) is 26.5. The van der Waals surface area contributed by atoms with Gasteiger partial charge in [-0.15, -0.1) is 0 Å². The highest BCUT2D eigenvalue weighted by atomic mass is 19.4. The van der Waals surface area contributed by atoms with Gasteiger partial charge in [0.05, 0.1) is 6.54 Å². The molecule has 6 heteroatoms. The standard InChI is InChI=1S/C5H7F3N2O/c6-5(7,8)3-1-10-4(11)2-9-3/h3,9H,1-2H2,(H,10,11). The minimum absolute atomic E-state index is 0.260. The van der Waals surface area contributed by atoms with E-state index in [1.165, 1.54) is 0 Å². The second-order valence-corrected chi connectivity index (χ2v) is 2.28. The minimum Gasteiger partial charge on any atom is -0.353 e. The minimum atomic E-state index is -4.27. The Morgan fingerprint density at radius 3 is 2.45 bits per heavy atom. The van der Waals surface area contributed by atoms with Crippen molar-refractivity contribution < 1.29 is 18.0 Å². The summed E-state index contributed by atoms with van der Waals surface area (Å²) >= 11 is 0. The summed E-state index contributed by atoms with van der Waals surface area (Å²) in [6, 6.07) is -1.60. The van der Waals surface area contributed by atoms with E-state index in [0.29, 0.717) is 0 Å². The number of hydrogen-bond donors (Lipinski definition) is 2. The number of amides is 1. The van der Waals surface area contributed by atoms with E-state index in [4.69, 9.17) is 0 Å². The molecule has 0 aromatic carbocycles. The highest BCUT2D eigenvalue weighted by Gasteiger charge is 2.41. The van der Waals surface area contributed by atoms with E-state index in [1.54, 1.807) is 0 Å². The van der Waals surface area contributed by atoms with Gasteiger partial charge in [0.25, 0.3) is 0 Å². The molecule has 1 fully saturated rings. The maximum Gasteiger partial charge on any atom is 0.405 e. The van der Waals surface area contributed by atoms with E-state index in [-0.39, 0.29) is 13.1 Å². The van der Waals surface area contributed by atoms with Crippen molar-refractivity contribution in [2.45, 2.75) is 12.2 Å². The molecular formula is C5H7F3N2O. The monoisotopic (exact) mass is 168 g/mol. The number of piperazine rings is 1. The van der Waals surface area contributed by atoms with Gasteiger partial charge in [-0.05, 0) is 0 Å². The molecule has 0 spiro atoms. The number of alkyl halides is 3. The first-order chi connectivity index (χ1) is 5.00. The van der Waals surface area contributed by atoms with Crippen molar-refractivity contribution in [1.82, 2.24) is 10.6 Å². The Balaban J connectivity index is 2.45. The Labute approximate surface area is 61.0 Å². The number of rotatable bonds is 0. The van der Waals surface area contributed by atoms with Gasteiger partial charge < -0.3 is 5.32 Å². The van der Waals surface area contributed by atoms with E-state index in [9.17, 15) is 18.0 Å². The quantitative estimate of drug-likeness (QED) is 0.518. The zero-order chi connectivity index (χ0) is 8.48. The van der Waals surface area contributed by atoms with Crippen LogP contribution in [0.1, 0.15) is 0 Å². The Morgan fingerprint density at radius 1 is 1.45 bits per heavy atom. The van der Waals surface area contributed by atoms with Crippen molar-refractivity contribution in [3.8, 4) is 0 Å². The van der Waals surface area contributed by atoms with E-state index in [1.807, 2.05) is 0 Å². The summed E-state index contributed by atoms with van der Waals surface area (Å²) in [7, 11) is 0. The predicted octanol–water partition coefficient (Wildman–Crippen LogP) is -0.363. The highest BCUT2D eigenvalue weighted by Crippen LogP contribution is 2.20. The van der Waals surface area contributed by atoms with Crippen molar-refractivity contribution in [2.24, 2.45) is 0 Å². The molecule has 1 unspecified atom stereocenters. The van der Waals surface area contributed by atoms with Crippen LogP contribution in [0, 0.1) is 0 Å². The van der Waals surface area contributed by atoms with Gasteiger partial charge in [0.15, 0.2) is 0 Å². The van der Waals surface area contributed by atoms with Gasteiger partial charge in [-0.1, -0.05) is 0 Å².